The van der Waals surface area contributed by atoms with Gasteiger partial charge in [-0.25, -0.2) is 9.78 Å². The van der Waals surface area contributed by atoms with Gasteiger partial charge in [0, 0.05) is 6.20 Å². The van der Waals surface area contributed by atoms with E-state index in [2.05, 4.69) is 9.97 Å². The van der Waals surface area contributed by atoms with Crippen LogP contribution in [0.25, 0.3) is 11.2 Å². The molecule has 0 amide bonds. The first-order chi connectivity index (χ1) is 6.68. The molecule has 0 saturated heterocycles. The molecule has 0 aliphatic heterocycles. The van der Waals surface area contributed by atoms with Crippen LogP contribution in [0.1, 0.15) is 0 Å². The SMILES string of the molecule is O=C(O)Cn1c(=O)[nH]c2cccnc21. The minimum atomic E-state index is -1.07. The monoisotopic (exact) mass is 193 g/mol. The Labute approximate surface area is 77.8 Å². The summed E-state index contributed by atoms with van der Waals surface area (Å²) in [4.78, 5) is 28.2. The second-order valence-electron chi connectivity index (χ2n) is 2.78. The van der Waals surface area contributed by atoms with Crippen molar-refractivity contribution in [2.45, 2.75) is 6.54 Å². The van der Waals surface area contributed by atoms with Gasteiger partial charge in [-0.3, -0.25) is 9.36 Å². The minimum Gasteiger partial charge on any atom is -0.480 e. The van der Waals surface area contributed by atoms with Crippen LogP contribution in [0.5, 0.6) is 0 Å². The molecular formula is C8H7N3O3. The van der Waals surface area contributed by atoms with Crippen molar-refractivity contribution in [3.05, 3.63) is 28.8 Å². The summed E-state index contributed by atoms with van der Waals surface area (Å²) in [5.74, 6) is -1.07. The largest absolute Gasteiger partial charge is 0.480 e. The molecule has 0 aliphatic rings. The molecule has 2 aromatic rings. The summed E-state index contributed by atoms with van der Waals surface area (Å²) in [7, 11) is 0. The number of carbonyl (C=O) groups is 1. The van der Waals surface area contributed by atoms with E-state index in [-0.39, 0.29) is 6.54 Å². The van der Waals surface area contributed by atoms with Crippen molar-refractivity contribution in [2.24, 2.45) is 0 Å². The van der Waals surface area contributed by atoms with Crippen LogP contribution < -0.4 is 5.69 Å². The molecular weight excluding hydrogens is 186 g/mol. The Hall–Kier alpha value is -2.11. The fraction of sp³-hybridized carbons (Fsp3) is 0.125. The van der Waals surface area contributed by atoms with Crippen LogP contribution in [-0.4, -0.2) is 25.6 Å². The van der Waals surface area contributed by atoms with Gasteiger partial charge in [-0.15, -0.1) is 0 Å². The van der Waals surface area contributed by atoms with Gasteiger partial charge in [-0.1, -0.05) is 0 Å². The zero-order chi connectivity index (χ0) is 10.1. The van der Waals surface area contributed by atoms with Crippen LogP contribution in [0.15, 0.2) is 23.1 Å². The standard InChI is InChI=1S/C8H7N3O3/c12-6(13)4-11-7-5(10-8(11)14)2-1-3-9-7/h1-3H,4H2,(H,10,14)(H,12,13). The fourth-order valence-electron chi connectivity index (χ4n) is 1.27. The number of aliphatic carboxylic acids is 1. The highest BCUT2D eigenvalue weighted by molar-refractivity contribution is 5.73. The van der Waals surface area contributed by atoms with E-state index >= 15 is 0 Å². The molecule has 2 aromatic heterocycles. The highest BCUT2D eigenvalue weighted by atomic mass is 16.4. The van der Waals surface area contributed by atoms with Gasteiger partial charge in [0.15, 0.2) is 5.65 Å². The summed E-state index contributed by atoms with van der Waals surface area (Å²) >= 11 is 0. The molecule has 0 spiro atoms. The highest BCUT2D eigenvalue weighted by Gasteiger charge is 2.09. The third kappa shape index (κ3) is 1.26. The van der Waals surface area contributed by atoms with E-state index in [1.807, 2.05) is 0 Å². The summed E-state index contributed by atoms with van der Waals surface area (Å²) in [6, 6.07) is 3.34. The third-order valence-corrected chi connectivity index (χ3v) is 1.82. The fourth-order valence-corrected chi connectivity index (χ4v) is 1.27. The second kappa shape index (κ2) is 2.99. The first kappa shape index (κ1) is 8.49. The van der Waals surface area contributed by atoms with Crippen LogP contribution in [0.3, 0.4) is 0 Å². The summed E-state index contributed by atoms with van der Waals surface area (Å²) in [6.07, 6.45) is 1.51. The Morgan fingerprint density at radius 2 is 2.43 bits per heavy atom. The normalized spacial score (nSPS) is 10.6. The van der Waals surface area contributed by atoms with Crippen LogP contribution in [0.4, 0.5) is 0 Å². The third-order valence-electron chi connectivity index (χ3n) is 1.82. The number of aromatic nitrogens is 3. The Balaban J connectivity index is 2.68. The minimum absolute atomic E-state index is 0.361. The van der Waals surface area contributed by atoms with Gasteiger partial charge < -0.3 is 10.1 Å². The van der Waals surface area contributed by atoms with Gasteiger partial charge in [-0.05, 0) is 12.1 Å². The molecule has 2 rings (SSSR count). The quantitative estimate of drug-likeness (QED) is 0.691. The molecule has 2 heterocycles. The molecule has 72 valence electrons. The number of aromatic amines is 1. The lowest BCUT2D eigenvalue weighted by Gasteiger charge is -1.95. The van der Waals surface area contributed by atoms with E-state index in [1.165, 1.54) is 6.20 Å². The first-order valence-corrected chi connectivity index (χ1v) is 3.94. The molecule has 0 radical (unpaired) electrons. The van der Waals surface area contributed by atoms with Crippen LogP contribution >= 0.6 is 0 Å². The Bertz CT molecular complexity index is 540. The predicted octanol–water partition coefficient (Wildman–Crippen LogP) is -0.191. The van der Waals surface area contributed by atoms with Crippen molar-refractivity contribution in [2.75, 3.05) is 0 Å². The van der Waals surface area contributed by atoms with Gasteiger partial charge in [0.25, 0.3) is 0 Å². The van der Waals surface area contributed by atoms with Crippen molar-refractivity contribution < 1.29 is 9.90 Å². The number of rotatable bonds is 2. The smallest absolute Gasteiger partial charge is 0.328 e. The Kier molecular flexibility index (Phi) is 1.81. The maximum Gasteiger partial charge on any atom is 0.328 e. The van der Waals surface area contributed by atoms with Crippen molar-refractivity contribution in [1.82, 2.24) is 14.5 Å². The number of hydrogen-bond donors (Lipinski definition) is 2. The zero-order valence-electron chi connectivity index (χ0n) is 7.10. The van der Waals surface area contributed by atoms with Crippen molar-refractivity contribution in [3.8, 4) is 0 Å². The predicted molar refractivity (Wildman–Crippen MR) is 48.0 cm³/mol. The highest BCUT2D eigenvalue weighted by Crippen LogP contribution is 2.04. The molecule has 6 nitrogen and oxygen atoms in total. The van der Waals surface area contributed by atoms with Crippen LogP contribution in [0, 0.1) is 0 Å². The average Bonchev–Trinajstić information content (AvgIpc) is 2.43. The van der Waals surface area contributed by atoms with E-state index < -0.39 is 11.7 Å². The summed E-state index contributed by atoms with van der Waals surface area (Å²) < 4.78 is 1.08. The van der Waals surface area contributed by atoms with Crippen LogP contribution in [-0.2, 0) is 11.3 Å². The maximum absolute atomic E-state index is 11.3. The molecule has 0 aromatic carbocycles. The van der Waals surface area contributed by atoms with Gasteiger partial charge in [0.2, 0.25) is 0 Å². The molecule has 0 saturated carbocycles. The van der Waals surface area contributed by atoms with Crippen LogP contribution in [0.2, 0.25) is 0 Å². The Morgan fingerprint density at radius 3 is 3.14 bits per heavy atom. The van der Waals surface area contributed by atoms with Crippen molar-refractivity contribution in [1.29, 1.82) is 0 Å². The lowest BCUT2D eigenvalue weighted by atomic mass is 10.4. The van der Waals surface area contributed by atoms with Crippen molar-refractivity contribution >= 4 is 17.1 Å². The number of fused-ring (bicyclic) bond motifs is 1. The van der Waals surface area contributed by atoms with Gasteiger partial charge >= 0.3 is 11.7 Å². The molecule has 0 bridgehead atoms. The molecule has 0 aliphatic carbocycles. The number of carboxylic acids is 1. The average molecular weight is 193 g/mol. The number of hydrogen-bond acceptors (Lipinski definition) is 3. The first-order valence-electron chi connectivity index (χ1n) is 3.94. The number of pyridine rings is 1. The van der Waals surface area contributed by atoms with E-state index in [9.17, 15) is 9.59 Å². The van der Waals surface area contributed by atoms with Gasteiger partial charge in [0.1, 0.15) is 6.54 Å². The van der Waals surface area contributed by atoms with Gasteiger partial charge in [-0.2, -0.15) is 0 Å². The van der Waals surface area contributed by atoms with Gasteiger partial charge in [0.05, 0.1) is 5.52 Å². The zero-order valence-corrected chi connectivity index (χ0v) is 7.10. The van der Waals surface area contributed by atoms with E-state index in [0.717, 1.165) is 4.57 Å². The summed E-state index contributed by atoms with van der Waals surface area (Å²) in [5, 5.41) is 8.57. The lowest BCUT2D eigenvalue weighted by molar-refractivity contribution is -0.137. The van der Waals surface area contributed by atoms with E-state index in [0.29, 0.717) is 11.2 Å². The number of nitrogens with one attached hydrogen (secondary N) is 1. The molecule has 0 unspecified atom stereocenters. The summed E-state index contributed by atoms with van der Waals surface area (Å²) in [6.45, 7) is -0.379. The van der Waals surface area contributed by atoms with E-state index in [4.69, 9.17) is 5.11 Å². The Morgan fingerprint density at radius 1 is 1.64 bits per heavy atom. The molecule has 6 heteroatoms. The molecule has 0 atom stereocenters. The molecule has 2 N–H and O–H groups in total. The number of imidazole rings is 1. The second-order valence-corrected chi connectivity index (χ2v) is 2.78. The number of nitrogens with zero attached hydrogens (tertiary/aromatic N) is 2. The summed E-state index contributed by atoms with van der Waals surface area (Å²) in [5.41, 5.74) is 0.444. The van der Waals surface area contributed by atoms with E-state index in [1.54, 1.807) is 12.1 Å². The topological polar surface area (TPSA) is 88.0 Å². The maximum atomic E-state index is 11.3. The molecule has 0 fully saturated rings. The number of H-pyrrole nitrogens is 1. The number of carboxylic acid groups (broad SMARTS) is 1. The lowest BCUT2D eigenvalue weighted by Crippen LogP contribution is -2.21. The van der Waals surface area contributed by atoms with Crippen molar-refractivity contribution in [3.63, 3.8) is 0 Å². The molecule has 14 heavy (non-hydrogen) atoms.